The summed E-state index contributed by atoms with van der Waals surface area (Å²) < 4.78 is 5.10. The number of carbonyl (C=O) groups is 1. The summed E-state index contributed by atoms with van der Waals surface area (Å²) in [6.07, 6.45) is 6.14. The fourth-order valence-corrected chi connectivity index (χ4v) is 3.76. The summed E-state index contributed by atoms with van der Waals surface area (Å²) in [5.74, 6) is 1.47. The predicted octanol–water partition coefficient (Wildman–Crippen LogP) is 2.07. The minimum absolute atomic E-state index is 0.239. The van der Waals surface area contributed by atoms with Gasteiger partial charge in [-0.3, -0.25) is 4.79 Å². The van der Waals surface area contributed by atoms with Crippen LogP contribution in [0.2, 0.25) is 0 Å². The van der Waals surface area contributed by atoms with Gasteiger partial charge in [0.2, 0.25) is 11.9 Å². The van der Waals surface area contributed by atoms with E-state index in [0.29, 0.717) is 25.5 Å². The zero-order valence-corrected chi connectivity index (χ0v) is 15.5. The first-order chi connectivity index (χ1) is 12.2. The number of likely N-dealkylation sites (tertiary alicyclic amines) is 1. The molecule has 25 heavy (non-hydrogen) atoms. The summed E-state index contributed by atoms with van der Waals surface area (Å²) in [6, 6.07) is 2.12. The SMILES string of the molecule is CCc1cc(C[C@H]2CC(=O)N(CCOC)C2)nc(N2CCCCC2)n1. The van der Waals surface area contributed by atoms with Crippen molar-refractivity contribution in [2.45, 2.75) is 45.4 Å². The number of hydrogen-bond donors (Lipinski definition) is 0. The van der Waals surface area contributed by atoms with E-state index in [1.165, 1.54) is 19.3 Å². The number of nitrogens with zero attached hydrogens (tertiary/aromatic N) is 4. The molecule has 2 aliphatic rings. The number of aryl methyl sites for hydroxylation is 1. The largest absolute Gasteiger partial charge is 0.383 e. The summed E-state index contributed by atoms with van der Waals surface area (Å²) >= 11 is 0. The van der Waals surface area contributed by atoms with Crippen molar-refractivity contribution in [1.82, 2.24) is 14.9 Å². The van der Waals surface area contributed by atoms with Crippen LogP contribution in [-0.4, -0.2) is 60.7 Å². The highest BCUT2D eigenvalue weighted by atomic mass is 16.5. The van der Waals surface area contributed by atoms with Crippen LogP contribution in [0, 0.1) is 5.92 Å². The first kappa shape index (κ1) is 18.1. The number of rotatable bonds is 7. The molecule has 3 heterocycles. The lowest BCUT2D eigenvalue weighted by molar-refractivity contribution is -0.128. The van der Waals surface area contributed by atoms with E-state index in [4.69, 9.17) is 14.7 Å². The molecule has 2 aliphatic heterocycles. The number of anilines is 1. The number of aromatic nitrogens is 2. The predicted molar refractivity (Wildman–Crippen MR) is 97.7 cm³/mol. The molecule has 0 saturated carbocycles. The van der Waals surface area contributed by atoms with Gasteiger partial charge in [0.1, 0.15) is 0 Å². The summed E-state index contributed by atoms with van der Waals surface area (Å²) in [5, 5.41) is 0. The van der Waals surface area contributed by atoms with Crippen LogP contribution in [0.15, 0.2) is 6.07 Å². The van der Waals surface area contributed by atoms with Gasteiger partial charge in [-0.1, -0.05) is 6.92 Å². The molecule has 0 bridgehead atoms. The maximum Gasteiger partial charge on any atom is 0.225 e. The molecule has 0 radical (unpaired) electrons. The molecule has 1 amide bonds. The van der Waals surface area contributed by atoms with Crippen LogP contribution in [0.5, 0.6) is 0 Å². The van der Waals surface area contributed by atoms with Gasteiger partial charge in [0, 0.05) is 51.1 Å². The van der Waals surface area contributed by atoms with Crippen molar-refractivity contribution < 1.29 is 9.53 Å². The van der Waals surface area contributed by atoms with Crippen molar-refractivity contribution in [2.24, 2.45) is 5.92 Å². The lowest BCUT2D eigenvalue weighted by Crippen LogP contribution is -2.31. The minimum Gasteiger partial charge on any atom is -0.383 e. The molecular formula is C19H30N4O2. The van der Waals surface area contributed by atoms with Crippen LogP contribution in [0.1, 0.15) is 44.0 Å². The van der Waals surface area contributed by atoms with Crippen molar-refractivity contribution in [3.05, 3.63) is 17.5 Å². The third-order valence-corrected chi connectivity index (χ3v) is 5.18. The van der Waals surface area contributed by atoms with E-state index in [1.54, 1.807) is 7.11 Å². The standard InChI is InChI=1S/C19H30N4O2/c1-3-16-13-17(21-19(20-16)22-7-5-4-6-8-22)11-15-12-18(24)23(14-15)9-10-25-2/h13,15H,3-12,14H2,1-2H3/t15-/m0/s1. The zero-order valence-electron chi connectivity index (χ0n) is 15.5. The average molecular weight is 346 g/mol. The number of carbonyl (C=O) groups excluding carboxylic acids is 1. The first-order valence-corrected chi connectivity index (χ1v) is 9.58. The van der Waals surface area contributed by atoms with E-state index in [-0.39, 0.29) is 5.91 Å². The number of amides is 1. The molecule has 0 N–H and O–H groups in total. The van der Waals surface area contributed by atoms with E-state index < -0.39 is 0 Å². The molecule has 1 atom stereocenters. The first-order valence-electron chi connectivity index (χ1n) is 9.58. The Morgan fingerprint density at radius 2 is 1.96 bits per heavy atom. The Bertz CT molecular complexity index is 587. The molecule has 0 aromatic carbocycles. The number of ether oxygens (including phenoxy) is 1. The fourth-order valence-electron chi connectivity index (χ4n) is 3.76. The van der Waals surface area contributed by atoms with E-state index in [1.807, 2.05) is 4.90 Å². The smallest absolute Gasteiger partial charge is 0.225 e. The van der Waals surface area contributed by atoms with Crippen LogP contribution >= 0.6 is 0 Å². The Hall–Kier alpha value is -1.69. The van der Waals surface area contributed by atoms with Crippen LogP contribution in [0.3, 0.4) is 0 Å². The topological polar surface area (TPSA) is 58.6 Å². The molecule has 0 spiro atoms. The van der Waals surface area contributed by atoms with Crippen molar-refractivity contribution in [3.63, 3.8) is 0 Å². The molecule has 6 nitrogen and oxygen atoms in total. The third-order valence-electron chi connectivity index (χ3n) is 5.18. The molecule has 0 aliphatic carbocycles. The van der Waals surface area contributed by atoms with Crippen LogP contribution < -0.4 is 4.90 Å². The monoisotopic (exact) mass is 346 g/mol. The van der Waals surface area contributed by atoms with Gasteiger partial charge in [-0.15, -0.1) is 0 Å². The lowest BCUT2D eigenvalue weighted by Gasteiger charge is -2.27. The molecule has 2 saturated heterocycles. The van der Waals surface area contributed by atoms with Gasteiger partial charge >= 0.3 is 0 Å². The van der Waals surface area contributed by atoms with E-state index in [9.17, 15) is 4.79 Å². The maximum absolute atomic E-state index is 12.1. The van der Waals surface area contributed by atoms with Gasteiger partial charge in [-0.2, -0.15) is 0 Å². The van der Waals surface area contributed by atoms with E-state index in [2.05, 4.69) is 17.9 Å². The van der Waals surface area contributed by atoms with Crippen molar-refractivity contribution >= 4 is 11.9 Å². The van der Waals surface area contributed by atoms with Gasteiger partial charge in [0.15, 0.2) is 0 Å². The Morgan fingerprint density at radius 1 is 1.20 bits per heavy atom. The molecule has 0 unspecified atom stereocenters. The lowest BCUT2D eigenvalue weighted by atomic mass is 10.0. The van der Waals surface area contributed by atoms with Gasteiger partial charge < -0.3 is 14.5 Å². The Kier molecular flexibility index (Phi) is 6.24. The second-order valence-electron chi connectivity index (χ2n) is 7.16. The Morgan fingerprint density at radius 3 is 2.68 bits per heavy atom. The molecular weight excluding hydrogens is 316 g/mol. The van der Waals surface area contributed by atoms with Crippen LogP contribution in [0.25, 0.3) is 0 Å². The second kappa shape index (κ2) is 8.61. The number of hydrogen-bond acceptors (Lipinski definition) is 5. The highest BCUT2D eigenvalue weighted by Gasteiger charge is 2.29. The van der Waals surface area contributed by atoms with Crippen molar-refractivity contribution in [2.75, 3.05) is 44.8 Å². The fraction of sp³-hybridized carbons (Fsp3) is 0.737. The maximum atomic E-state index is 12.1. The molecule has 1 aromatic rings. The second-order valence-corrected chi connectivity index (χ2v) is 7.16. The summed E-state index contributed by atoms with van der Waals surface area (Å²) in [7, 11) is 1.67. The summed E-state index contributed by atoms with van der Waals surface area (Å²) in [6.45, 7) is 6.35. The quantitative estimate of drug-likeness (QED) is 0.756. The van der Waals surface area contributed by atoms with Crippen LogP contribution in [0.4, 0.5) is 5.95 Å². The van der Waals surface area contributed by atoms with Gasteiger partial charge in [0.25, 0.3) is 0 Å². The summed E-state index contributed by atoms with van der Waals surface area (Å²) in [4.78, 5) is 26.0. The Balaban J connectivity index is 1.68. The normalized spacial score (nSPS) is 21.2. The van der Waals surface area contributed by atoms with Gasteiger partial charge in [-0.05, 0) is 44.1 Å². The highest BCUT2D eigenvalue weighted by molar-refractivity contribution is 5.78. The van der Waals surface area contributed by atoms with E-state index in [0.717, 1.165) is 49.8 Å². The molecule has 6 heteroatoms. The number of methoxy groups -OCH3 is 1. The molecule has 138 valence electrons. The number of piperidine rings is 1. The Labute approximate surface area is 150 Å². The minimum atomic E-state index is 0.239. The van der Waals surface area contributed by atoms with Crippen molar-refractivity contribution in [3.8, 4) is 0 Å². The summed E-state index contributed by atoms with van der Waals surface area (Å²) in [5.41, 5.74) is 2.19. The average Bonchev–Trinajstić information content (AvgIpc) is 2.99. The molecule has 2 fully saturated rings. The zero-order chi connectivity index (χ0) is 17.6. The van der Waals surface area contributed by atoms with Crippen LogP contribution in [-0.2, 0) is 22.4 Å². The van der Waals surface area contributed by atoms with Crippen molar-refractivity contribution in [1.29, 1.82) is 0 Å². The highest BCUT2D eigenvalue weighted by Crippen LogP contribution is 2.23. The molecule has 3 rings (SSSR count). The molecule has 1 aromatic heterocycles. The third kappa shape index (κ3) is 4.69. The van der Waals surface area contributed by atoms with E-state index >= 15 is 0 Å². The van der Waals surface area contributed by atoms with Gasteiger partial charge in [0.05, 0.1) is 6.61 Å². The van der Waals surface area contributed by atoms with Gasteiger partial charge in [-0.25, -0.2) is 9.97 Å².